The van der Waals surface area contributed by atoms with E-state index in [-0.39, 0.29) is 11.3 Å². The highest BCUT2D eigenvalue weighted by Crippen LogP contribution is 2.21. The number of nitrogens with zero attached hydrogens (tertiary/aromatic N) is 2. The number of rotatable bonds is 10. The lowest BCUT2D eigenvalue weighted by Gasteiger charge is -2.08. The molecular weight excluding hydrogens is 352 g/mol. The summed E-state index contributed by atoms with van der Waals surface area (Å²) in [4.78, 5) is 12.3. The van der Waals surface area contributed by atoms with Crippen LogP contribution in [-0.2, 0) is 0 Å². The van der Waals surface area contributed by atoms with E-state index >= 15 is 0 Å². The second kappa shape index (κ2) is 11.4. The Hall–Kier alpha value is -3.31. The molecule has 0 aromatic heterocycles. The van der Waals surface area contributed by atoms with Gasteiger partial charge in [-0.25, -0.2) is 4.79 Å². The molecule has 2 rings (SSSR count). The van der Waals surface area contributed by atoms with Gasteiger partial charge in [0.15, 0.2) is 0 Å². The summed E-state index contributed by atoms with van der Waals surface area (Å²) in [5.41, 5.74) is 0.842. The van der Waals surface area contributed by atoms with Gasteiger partial charge in [-0.3, -0.25) is 0 Å². The van der Waals surface area contributed by atoms with Gasteiger partial charge in [-0.2, -0.15) is 10.5 Å². The van der Waals surface area contributed by atoms with Crippen molar-refractivity contribution in [3.8, 4) is 23.6 Å². The van der Waals surface area contributed by atoms with Crippen LogP contribution in [0.3, 0.4) is 0 Å². The molecule has 144 valence electrons. The van der Waals surface area contributed by atoms with Gasteiger partial charge in [0.2, 0.25) is 0 Å². The number of ether oxygens (including phenoxy) is 2. The molecule has 5 heteroatoms. The third-order valence-corrected chi connectivity index (χ3v) is 4.29. The van der Waals surface area contributed by atoms with E-state index < -0.39 is 5.97 Å². The third-order valence-electron chi connectivity index (χ3n) is 4.29. The number of hydrogen-bond acceptors (Lipinski definition) is 5. The fourth-order valence-electron chi connectivity index (χ4n) is 2.69. The number of unbranched alkanes of at least 4 members (excludes halogenated alkanes) is 5. The Labute approximate surface area is 166 Å². The highest BCUT2D eigenvalue weighted by atomic mass is 16.5. The summed E-state index contributed by atoms with van der Waals surface area (Å²) in [6.45, 7) is 2.86. The number of carbonyl (C=O) groups excluding carboxylic acids is 1. The van der Waals surface area contributed by atoms with E-state index in [4.69, 9.17) is 20.0 Å². The molecule has 0 N–H and O–H groups in total. The van der Waals surface area contributed by atoms with Crippen LogP contribution in [0.1, 0.15) is 66.9 Å². The predicted octanol–water partition coefficient (Wildman–Crippen LogP) is 5.39. The van der Waals surface area contributed by atoms with Gasteiger partial charge in [-0.05, 0) is 48.9 Å². The maximum atomic E-state index is 12.3. The van der Waals surface area contributed by atoms with Gasteiger partial charge in [0, 0.05) is 0 Å². The average molecular weight is 376 g/mol. The SMILES string of the molecule is CCCCCCCCOc1ccc(C(=O)Oc2ccc(C#N)cc2C#N)cc1. The monoisotopic (exact) mass is 376 g/mol. The molecule has 0 spiro atoms. The van der Waals surface area contributed by atoms with Crippen molar-refractivity contribution in [2.45, 2.75) is 45.4 Å². The minimum Gasteiger partial charge on any atom is -0.494 e. The quantitative estimate of drug-likeness (QED) is 0.315. The largest absolute Gasteiger partial charge is 0.494 e. The van der Waals surface area contributed by atoms with Crippen molar-refractivity contribution in [2.75, 3.05) is 6.61 Å². The molecule has 0 fully saturated rings. The van der Waals surface area contributed by atoms with E-state index in [2.05, 4.69) is 6.92 Å². The van der Waals surface area contributed by atoms with Crippen molar-refractivity contribution in [3.63, 3.8) is 0 Å². The first-order chi connectivity index (χ1) is 13.7. The molecule has 0 bridgehead atoms. The molecule has 0 saturated heterocycles. The predicted molar refractivity (Wildman–Crippen MR) is 106 cm³/mol. The third kappa shape index (κ3) is 6.45. The van der Waals surface area contributed by atoms with Gasteiger partial charge < -0.3 is 9.47 Å². The molecule has 0 saturated carbocycles. The van der Waals surface area contributed by atoms with Gasteiger partial charge in [0.05, 0.1) is 29.4 Å². The molecule has 28 heavy (non-hydrogen) atoms. The lowest BCUT2D eigenvalue weighted by atomic mass is 10.1. The van der Waals surface area contributed by atoms with E-state index in [0.29, 0.717) is 23.5 Å². The lowest BCUT2D eigenvalue weighted by Crippen LogP contribution is -2.09. The molecule has 0 unspecified atom stereocenters. The Morgan fingerprint density at radius 3 is 2.32 bits per heavy atom. The van der Waals surface area contributed by atoms with Crippen LogP contribution in [0, 0.1) is 22.7 Å². The highest BCUT2D eigenvalue weighted by Gasteiger charge is 2.12. The zero-order valence-corrected chi connectivity index (χ0v) is 16.1. The van der Waals surface area contributed by atoms with Gasteiger partial charge in [-0.1, -0.05) is 39.0 Å². The molecule has 2 aromatic carbocycles. The second-order valence-corrected chi connectivity index (χ2v) is 6.46. The highest BCUT2D eigenvalue weighted by molar-refractivity contribution is 5.91. The minimum absolute atomic E-state index is 0.134. The Kier molecular flexibility index (Phi) is 8.56. The zero-order chi connectivity index (χ0) is 20.2. The maximum absolute atomic E-state index is 12.3. The number of carbonyl (C=O) groups is 1. The number of nitriles is 2. The van der Waals surface area contributed by atoms with Crippen LogP contribution in [0.5, 0.6) is 11.5 Å². The van der Waals surface area contributed by atoms with Crippen LogP contribution in [0.2, 0.25) is 0 Å². The molecule has 0 amide bonds. The van der Waals surface area contributed by atoms with Gasteiger partial charge in [0.25, 0.3) is 0 Å². The molecule has 0 aliphatic heterocycles. The Morgan fingerprint density at radius 2 is 1.64 bits per heavy atom. The Bertz CT molecular complexity index is 861. The fraction of sp³-hybridized carbons (Fsp3) is 0.348. The normalized spacial score (nSPS) is 9.96. The van der Waals surface area contributed by atoms with Crippen LogP contribution in [0.4, 0.5) is 0 Å². The average Bonchev–Trinajstić information content (AvgIpc) is 2.73. The van der Waals surface area contributed by atoms with E-state index in [0.717, 1.165) is 12.8 Å². The van der Waals surface area contributed by atoms with Crippen molar-refractivity contribution in [1.29, 1.82) is 10.5 Å². The molecule has 0 aliphatic rings. The fourth-order valence-corrected chi connectivity index (χ4v) is 2.69. The van der Waals surface area contributed by atoms with E-state index in [1.807, 2.05) is 12.1 Å². The molecule has 5 nitrogen and oxygen atoms in total. The Morgan fingerprint density at radius 1 is 0.929 bits per heavy atom. The Balaban J connectivity index is 1.85. The summed E-state index contributed by atoms with van der Waals surface area (Å²) in [7, 11) is 0. The summed E-state index contributed by atoms with van der Waals surface area (Å²) in [6, 6.07) is 15.0. The lowest BCUT2D eigenvalue weighted by molar-refractivity contribution is 0.0734. The summed E-state index contributed by atoms with van der Waals surface area (Å²) >= 11 is 0. The molecule has 0 radical (unpaired) electrons. The van der Waals surface area contributed by atoms with Crippen molar-refractivity contribution < 1.29 is 14.3 Å². The topological polar surface area (TPSA) is 83.1 Å². The summed E-state index contributed by atoms with van der Waals surface area (Å²) in [6.07, 6.45) is 7.23. The first-order valence-corrected chi connectivity index (χ1v) is 9.57. The molecule has 2 aromatic rings. The van der Waals surface area contributed by atoms with Gasteiger partial charge >= 0.3 is 5.97 Å². The second-order valence-electron chi connectivity index (χ2n) is 6.46. The van der Waals surface area contributed by atoms with Gasteiger partial charge in [0.1, 0.15) is 17.6 Å². The molecule has 0 aliphatic carbocycles. The summed E-state index contributed by atoms with van der Waals surface area (Å²) in [5.74, 6) is 0.278. The van der Waals surface area contributed by atoms with Crippen LogP contribution >= 0.6 is 0 Å². The maximum Gasteiger partial charge on any atom is 0.343 e. The summed E-state index contributed by atoms with van der Waals surface area (Å²) < 4.78 is 11.0. The first-order valence-electron chi connectivity index (χ1n) is 9.57. The summed E-state index contributed by atoms with van der Waals surface area (Å²) in [5, 5.41) is 18.0. The van der Waals surface area contributed by atoms with Crippen LogP contribution in [0.25, 0.3) is 0 Å². The first kappa shape index (κ1) is 21.0. The van der Waals surface area contributed by atoms with Crippen molar-refractivity contribution in [1.82, 2.24) is 0 Å². The van der Waals surface area contributed by atoms with Crippen LogP contribution in [-0.4, -0.2) is 12.6 Å². The molecule has 0 heterocycles. The van der Waals surface area contributed by atoms with E-state index in [9.17, 15) is 4.79 Å². The van der Waals surface area contributed by atoms with Gasteiger partial charge in [-0.15, -0.1) is 0 Å². The standard InChI is InChI=1S/C23H24N2O3/c1-2-3-4-5-6-7-14-27-21-11-9-19(10-12-21)23(26)28-22-13-8-18(16-24)15-20(22)17-25/h8-13,15H,2-7,14H2,1H3. The van der Waals surface area contributed by atoms with Crippen molar-refractivity contribution >= 4 is 5.97 Å². The molecule has 0 atom stereocenters. The smallest absolute Gasteiger partial charge is 0.343 e. The van der Waals surface area contributed by atoms with Crippen molar-refractivity contribution in [2.24, 2.45) is 0 Å². The number of esters is 1. The van der Waals surface area contributed by atoms with E-state index in [1.165, 1.54) is 43.9 Å². The number of hydrogen-bond donors (Lipinski definition) is 0. The van der Waals surface area contributed by atoms with Crippen molar-refractivity contribution in [3.05, 3.63) is 59.2 Å². The minimum atomic E-state index is -0.566. The molecular formula is C23H24N2O3. The van der Waals surface area contributed by atoms with Crippen LogP contribution < -0.4 is 9.47 Å². The van der Waals surface area contributed by atoms with Crippen LogP contribution in [0.15, 0.2) is 42.5 Å². The number of benzene rings is 2. The van der Waals surface area contributed by atoms with E-state index in [1.54, 1.807) is 24.3 Å². The zero-order valence-electron chi connectivity index (χ0n) is 16.1.